The maximum Gasteiger partial charge on any atom is 0.218 e. The molecular weight excluding hydrogens is 479 g/mol. The fraction of sp³-hybridized carbons (Fsp3) is 0.520. The van der Waals surface area contributed by atoms with Gasteiger partial charge in [-0.2, -0.15) is 5.26 Å². The van der Waals surface area contributed by atoms with Gasteiger partial charge in [0.2, 0.25) is 5.01 Å². The minimum absolute atomic E-state index is 0.0225. The van der Waals surface area contributed by atoms with Crippen LogP contribution in [0.3, 0.4) is 0 Å². The second-order valence-electron chi connectivity index (χ2n) is 10.7. The molecule has 0 amide bonds. The molecule has 2 bridgehead atoms. The molecule has 3 fully saturated rings. The number of nitrogens with one attached hydrogen (secondary N) is 1. The van der Waals surface area contributed by atoms with Crippen LogP contribution in [0.1, 0.15) is 57.4 Å². The molecule has 2 N–H and O–H groups in total. The first-order chi connectivity index (χ1) is 17.3. The van der Waals surface area contributed by atoms with E-state index in [9.17, 15) is 5.11 Å². The number of nitrogens with zero attached hydrogens (tertiary/aromatic N) is 7. The molecule has 36 heavy (non-hydrogen) atoms. The van der Waals surface area contributed by atoms with Crippen molar-refractivity contribution in [1.82, 2.24) is 30.7 Å². The molecule has 2 saturated heterocycles. The Labute approximate surface area is 212 Å². The fourth-order valence-electron chi connectivity index (χ4n) is 5.98. The maximum atomic E-state index is 16.0. The summed E-state index contributed by atoms with van der Waals surface area (Å²) in [4.78, 5) is 6.62. The third-order valence-corrected chi connectivity index (χ3v) is 8.61. The van der Waals surface area contributed by atoms with Crippen molar-refractivity contribution < 1.29 is 9.50 Å². The van der Waals surface area contributed by atoms with Gasteiger partial charge in [-0.25, -0.2) is 9.37 Å². The summed E-state index contributed by atoms with van der Waals surface area (Å²) >= 11 is 1.15. The summed E-state index contributed by atoms with van der Waals surface area (Å²) in [5, 5.41) is 40.6. The monoisotopic (exact) mass is 506 g/mol. The van der Waals surface area contributed by atoms with Crippen LogP contribution < -0.4 is 10.2 Å². The van der Waals surface area contributed by atoms with E-state index in [1.54, 1.807) is 24.4 Å². The molecule has 0 unspecified atom stereocenters. The summed E-state index contributed by atoms with van der Waals surface area (Å²) in [6, 6.07) is 6.94. The van der Waals surface area contributed by atoms with E-state index >= 15 is 4.39 Å². The molecule has 3 aliphatic rings. The summed E-state index contributed by atoms with van der Waals surface area (Å²) in [5.41, 5.74) is 0.439. The molecule has 3 aromatic rings. The zero-order chi connectivity index (χ0) is 25.1. The topological polar surface area (TPSA) is 124 Å². The SMILES string of the molecule is C[C@@]12CCC[C@@](C)(N1)[C@@H](F)[C@@H](N(c1cnc(-c3ccc(-c4nnc(C#N)s4)cc3O)nn1)C1CC1)C2. The van der Waals surface area contributed by atoms with E-state index in [4.69, 9.17) is 5.26 Å². The number of nitriles is 1. The largest absolute Gasteiger partial charge is 0.507 e. The van der Waals surface area contributed by atoms with Gasteiger partial charge in [0, 0.05) is 22.7 Å². The van der Waals surface area contributed by atoms with Gasteiger partial charge in [0.05, 0.1) is 17.8 Å². The highest BCUT2D eigenvalue weighted by atomic mass is 32.1. The van der Waals surface area contributed by atoms with E-state index in [-0.39, 0.29) is 34.2 Å². The van der Waals surface area contributed by atoms with Crippen molar-refractivity contribution in [3.05, 3.63) is 29.4 Å². The predicted molar refractivity (Wildman–Crippen MR) is 133 cm³/mol. The lowest BCUT2D eigenvalue weighted by Crippen LogP contribution is -2.73. The fourth-order valence-corrected chi connectivity index (χ4v) is 6.62. The van der Waals surface area contributed by atoms with Crippen molar-refractivity contribution in [2.45, 2.75) is 81.7 Å². The van der Waals surface area contributed by atoms with Crippen LogP contribution >= 0.6 is 11.3 Å². The number of rotatable bonds is 5. The number of hydrogen-bond acceptors (Lipinski definition) is 10. The molecule has 4 heterocycles. The summed E-state index contributed by atoms with van der Waals surface area (Å²) in [5.74, 6) is 0.840. The minimum Gasteiger partial charge on any atom is -0.507 e. The van der Waals surface area contributed by atoms with Crippen molar-refractivity contribution in [1.29, 1.82) is 5.26 Å². The number of aromatic nitrogens is 5. The Hall–Kier alpha value is -3.23. The van der Waals surface area contributed by atoms with Crippen LogP contribution in [0.4, 0.5) is 10.2 Å². The van der Waals surface area contributed by atoms with E-state index in [0.717, 1.165) is 43.4 Å². The van der Waals surface area contributed by atoms with Crippen molar-refractivity contribution in [3.63, 3.8) is 0 Å². The first-order valence-electron chi connectivity index (χ1n) is 12.3. The second kappa shape index (κ2) is 8.42. The molecule has 4 atom stereocenters. The van der Waals surface area contributed by atoms with Crippen LogP contribution in [0.25, 0.3) is 22.0 Å². The summed E-state index contributed by atoms with van der Waals surface area (Å²) in [6.07, 6.45) is 6.25. The first-order valence-corrected chi connectivity index (χ1v) is 13.1. The van der Waals surface area contributed by atoms with Gasteiger partial charge in [-0.15, -0.1) is 20.4 Å². The molecule has 0 spiro atoms. The highest BCUT2D eigenvalue weighted by molar-refractivity contribution is 7.15. The highest BCUT2D eigenvalue weighted by Gasteiger charge is 2.55. The lowest BCUT2D eigenvalue weighted by atomic mass is 9.68. The molecular formula is C25H27FN8OS. The Bertz CT molecular complexity index is 1340. The number of benzene rings is 1. The van der Waals surface area contributed by atoms with Gasteiger partial charge in [-0.3, -0.25) is 0 Å². The summed E-state index contributed by atoms with van der Waals surface area (Å²) in [7, 11) is 0. The van der Waals surface area contributed by atoms with E-state index in [1.807, 2.05) is 13.0 Å². The van der Waals surface area contributed by atoms with Gasteiger partial charge < -0.3 is 15.3 Å². The third-order valence-electron chi connectivity index (χ3n) is 7.74. The number of hydrogen-bond donors (Lipinski definition) is 2. The lowest BCUT2D eigenvalue weighted by Gasteiger charge is -2.57. The van der Waals surface area contributed by atoms with Gasteiger partial charge in [0.25, 0.3) is 0 Å². The Morgan fingerprint density at radius 1 is 1.19 bits per heavy atom. The number of phenolic OH excluding ortho intramolecular Hbond substituents is 1. The quantitative estimate of drug-likeness (QED) is 0.528. The number of anilines is 1. The molecule has 186 valence electrons. The standard InChI is InChI=1S/C25H27FN8OS/c1-24-8-3-9-25(2,33-24)21(26)17(11-24)34(15-5-6-15)19-13-28-22(31-29-19)16-7-4-14(10-18(16)35)23-32-30-20(12-27)36-23/h4,7,10,13,15,17,21,33,35H,3,5-6,8-9,11H2,1-2H3/t17-,21-,24-,25+/m0/s1. The van der Waals surface area contributed by atoms with Crippen LogP contribution in [-0.4, -0.2) is 59.8 Å². The number of piperidine rings is 2. The zero-order valence-electron chi connectivity index (χ0n) is 20.1. The second-order valence-corrected chi connectivity index (χ2v) is 11.6. The molecule has 2 aromatic heterocycles. The molecule has 2 aliphatic heterocycles. The average molecular weight is 507 g/mol. The molecule has 1 aliphatic carbocycles. The molecule has 11 heteroatoms. The van der Waals surface area contributed by atoms with Gasteiger partial charge >= 0.3 is 0 Å². The molecule has 1 saturated carbocycles. The Kier molecular flexibility index (Phi) is 5.42. The average Bonchev–Trinajstić information content (AvgIpc) is 3.57. The molecule has 9 nitrogen and oxygen atoms in total. The third kappa shape index (κ3) is 3.98. The highest BCUT2D eigenvalue weighted by Crippen LogP contribution is 2.46. The number of halogens is 1. The van der Waals surface area contributed by atoms with E-state index in [2.05, 4.69) is 42.5 Å². The lowest BCUT2D eigenvalue weighted by molar-refractivity contribution is 0.000258. The van der Waals surface area contributed by atoms with Crippen LogP contribution in [-0.2, 0) is 0 Å². The maximum absolute atomic E-state index is 16.0. The van der Waals surface area contributed by atoms with E-state index in [1.165, 1.54) is 0 Å². The predicted octanol–water partition coefficient (Wildman–Crippen LogP) is 4.00. The Morgan fingerprint density at radius 2 is 2.03 bits per heavy atom. The normalized spacial score (nSPS) is 29.5. The summed E-state index contributed by atoms with van der Waals surface area (Å²) < 4.78 is 16.0. The van der Waals surface area contributed by atoms with Gasteiger partial charge in [-0.05, 0) is 64.5 Å². The van der Waals surface area contributed by atoms with Crippen LogP contribution in [0.2, 0.25) is 0 Å². The summed E-state index contributed by atoms with van der Waals surface area (Å²) in [6.45, 7) is 4.21. The molecule has 0 radical (unpaired) electrons. The smallest absolute Gasteiger partial charge is 0.218 e. The van der Waals surface area contributed by atoms with Gasteiger partial charge in [-0.1, -0.05) is 17.4 Å². The molecule has 1 aromatic carbocycles. The Morgan fingerprint density at radius 3 is 2.69 bits per heavy atom. The van der Waals surface area contributed by atoms with Crippen LogP contribution in [0, 0.1) is 11.3 Å². The van der Waals surface area contributed by atoms with Crippen LogP contribution in [0.5, 0.6) is 5.75 Å². The molecule has 6 rings (SSSR count). The van der Waals surface area contributed by atoms with Crippen molar-refractivity contribution in [2.75, 3.05) is 4.90 Å². The van der Waals surface area contributed by atoms with E-state index in [0.29, 0.717) is 28.4 Å². The minimum atomic E-state index is -1.02. The zero-order valence-corrected chi connectivity index (χ0v) is 21.0. The van der Waals surface area contributed by atoms with Crippen molar-refractivity contribution in [2.24, 2.45) is 0 Å². The number of fused-ring (bicyclic) bond motifs is 2. The van der Waals surface area contributed by atoms with Crippen molar-refractivity contribution in [3.8, 4) is 33.8 Å². The number of phenols is 1. The van der Waals surface area contributed by atoms with Crippen molar-refractivity contribution >= 4 is 17.2 Å². The Balaban J connectivity index is 1.28. The van der Waals surface area contributed by atoms with Gasteiger partial charge in [0.1, 0.15) is 23.0 Å². The van der Waals surface area contributed by atoms with E-state index < -0.39 is 11.7 Å². The first kappa shape index (κ1) is 23.2. The van der Waals surface area contributed by atoms with Crippen LogP contribution in [0.15, 0.2) is 24.4 Å². The number of alkyl halides is 1. The van der Waals surface area contributed by atoms with Gasteiger partial charge in [0.15, 0.2) is 11.6 Å². The number of aromatic hydroxyl groups is 1.